The summed E-state index contributed by atoms with van der Waals surface area (Å²) in [7, 11) is 0. The van der Waals surface area contributed by atoms with Crippen LogP contribution in [0.2, 0.25) is 5.02 Å². The van der Waals surface area contributed by atoms with Crippen LogP contribution in [0.4, 0.5) is 0 Å². The summed E-state index contributed by atoms with van der Waals surface area (Å²) < 4.78 is 0. The zero-order valence-corrected chi connectivity index (χ0v) is 10.5. The summed E-state index contributed by atoms with van der Waals surface area (Å²) in [6, 6.07) is 12.2. The molecule has 0 bridgehead atoms. The Morgan fingerprint density at radius 1 is 1.06 bits per heavy atom. The van der Waals surface area contributed by atoms with Crippen LogP contribution in [0.15, 0.2) is 48.8 Å². The van der Waals surface area contributed by atoms with E-state index >= 15 is 0 Å². The van der Waals surface area contributed by atoms with E-state index in [0.717, 1.165) is 11.6 Å². The standard InChI is InChI=1S/C14H15ClN2/c1-2-17-14(12-7-9-16-10-8-12)11-3-5-13(15)6-4-11/h3-10,14,17H,2H2,1H3. The lowest BCUT2D eigenvalue weighted by Crippen LogP contribution is -2.21. The van der Waals surface area contributed by atoms with Gasteiger partial charge in [0.1, 0.15) is 0 Å². The first-order chi connectivity index (χ1) is 8.31. The van der Waals surface area contributed by atoms with Crippen LogP contribution in [0.1, 0.15) is 24.1 Å². The molecule has 1 atom stereocenters. The van der Waals surface area contributed by atoms with Gasteiger partial charge in [0, 0.05) is 17.4 Å². The molecule has 2 aromatic rings. The van der Waals surface area contributed by atoms with E-state index in [9.17, 15) is 0 Å². The maximum atomic E-state index is 5.91. The molecular weight excluding hydrogens is 232 g/mol. The third-order valence-electron chi connectivity index (χ3n) is 2.65. The fraction of sp³-hybridized carbons (Fsp3) is 0.214. The second-order valence-corrected chi connectivity index (χ2v) is 4.26. The van der Waals surface area contributed by atoms with Gasteiger partial charge in [0.15, 0.2) is 0 Å². The summed E-state index contributed by atoms with van der Waals surface area (Å²) in [5.41, 5.74) is 2.42. The number of hydrogen-bond acceptors (Lipinski definition) is 2. The summed E-state index contributed by atoms with van der Waals surface area (Å²) in [6.07, 6.45) is 3.63. The van der Waals surface area contributed by atoms with Gasteiger partial charge >= 0.3 is 0 Å². The highest BCUT2D eigenvalue weighted by Crippen LogP contribution is 2.22. The highest BCUT2D eigenvalue weighted by molar-refractivity contribution is 6.30. The molecule has 1 aromatic carbocycles. The minimum Gasteiger partial charge on any atom is -0.307 e. The summed E-state index contributed by atoms with van der Waals surface area (Å²) >= 11 is 5.91. The maximum Gasteiger partial charge on any atom is 0.0577 e. The number of benzene rings is 1. The highest BCUT2D eigenvalue weighted by Gasteiger charge is 2.11. The fourth-order valence-corrected chi connectivity index (χ4v) is 1.97. The van der Waals surface area contributed by atoms with Gasteiger partial charge in [0.2, 0.25) is 0 Å². The Morgan fingerprint density at radius 3 is 2.24 bits per heavy atom. The molecule has 0 aliphatic carbocycles. The molecule has 0 aliphatic heterocycles. The van der Waals surface area contributed by atoms with Gasteiger partial charge in [-0.1, -0.05) is 30.7 Å². The third-order valence-corrected chi connectivity index (χ3v) is 2.90. The first-order valence-corrected chi connectivity index (χ1v) is 6.08. The van der Waals surface area contributed by atoms with Gasteiger partial charge in [0.25, 0.3) is 0 Å². The molecule has 3 heteroatoms. The molecule has 1 aromatic heterocycles. The molecule has 0 amide bonds. The number of rotatable bonds is 4. The van der Waals surface area contributed by atoms with E-state index in [0.29, 0.717) is 0 Å². The Hall–Kier alpha value is -1.38. The maximum absolute atomic E-state index is 5.91. The summed E-state index contributed by atoms with van der Waals surface area (Å²) in [5, 5.41) is 4.23. The van der Waals surface area contributed by atoms with Gasteiger partial charge in [0.05, 0.1) is 6.04 Å². The number of hydrogen-bond donors (Lipinski definition) is 1. The van der Waals surface area contributed by atoms with Crippen molar-refractivity contribution >= 4 is 11.6 Å². The molecule has 1 N–H and O–H groups in total. The second kappa shape index (κ2) is 5.80. The molecular formula is C14H15ClN2. The minimum absolute atomic E-state index is 0.195. The first-order valence-electron chi connectivity index (χ1n) is 5.70. The molecule has 0 fully saturated rings. The van der Waals surface area contributed by atoms with Crippen molar-refractivity contribution in [2.45, 2.75) is 13.0 Å². The van der Waals surface area contributed by atoms with Crippen molar-refractivity contribution in [1.29, 1.82) is 0 Å². The number of nitrogens with one attached hydrogen (secondary N) is 1. The average molecular weight is 247 g/mol. The average Bonchev–Trinajstić information content (AvgIpc) is 2.38. The van der Waals surface area contributed by atoms with E-state index in [2.05, 4.69) is 29.4 Å². The van der Waals surface area contributed by atoms with E-state index in [4.69, 9.17) is 11.6 Å². The Bertz CT molecular complexity index is 453. The lowest BCUT2D eigenvalue weighted by atomic mass is 10.00. The van der Waals surface area contributed by atoms with Crippen LogP contribution in [0, 0.1) is 0 Å². The molecule has 0 saturated heterocycles. The van der Waals surface area contributed by atoms with Crippen LogP contribution in [-0.4, -0.2) is 11.5 Å². The van der Waals surface area contributed by atoms with Crippen molar-refractivity contribution in [2.75, 3.05) is 6.54 Å². The lowest BCUT2D eigenvalue weighted by molar-refractivity contribution is 0.630. The van der Waals surface area contributed by atoms with Gasteiger partial charge in [-0.05, 0) is 41.9 Å². The normalized spacial score (nSPS) is 12.4. The van der Waals surface area contributed by atoms with E-state index in [1.165, 1.54) is 11.1 Å². The van der Waals surface area contributed by atoms with Crippen LogP contribution in [0.5, 0.6) is 0 Å². The third kappa shape index (κ3) is 3.05. The van der Waals surface area contributed by atoms with E-state index in [1.54, 1.807) is 0 Å². The molecule has 2 nitrogen and oxygen atoms in total. The number of nitrogens with zero attached hydrogens (tertiary/aromatic N) is 1. The van der Waals surface area contributed by atoms with E-state index in [1.807, 2.05) is 36.7 Å². The highest BCUT2D eigenvalue weighted by atomic mass is 35.5. The molecule has 1 heterocycles. The molecule has 0 spiro atoms. The van der Waals surface area contributed by atoms with E-state index in [-0.39, 0.29) is 6.04 Å². The van der Waals surface area contributed by atoms with Gasteiger partial charge in [-0.25, -0.2) is 0 Å². The van der Waals surface area contributed by atoms with Crippen molar-refractivity contribution in [3.63, 3.8) is 0 Å². The first kappa shape index (κ1) is 12.1. The Kier molecular flexibility index (Phi) is 4.13. The van der Waals surface area contributed by atoms with Gasteiger partial charge < -0.3 is 5.32 Å². The van der Waals surface area contributed by atoms with Crippen molar-refractivity contribution in [2.24, 2.45) is 0 Å². The molecule has 0 aliphatic rings. The Labute approximate surface area is 107 Å². The van der Waals surface area contributed by atoms with Crippen LogP contribution >= 0.6 is 11.6 Å². The van der Waals surface area contributed by atoms with Crippen molar-refractivity contribution in [1.82, 2.24) is 10.3 Å². The Balaban J connectivity index is 2.32. The van der Waals surface area contributed by atoms with Gasteiger partial charge in [-0.3, -0.25) is 4.98 Å². The number of halogens is 1. The summed E-state index contributed by atoms with van der Waals surface area (Å²) in [4.78, 5) is 4.05. The molecule has 17 heavy (non-hydrogen) atoms. The summed E-state index contributed by atoms with van der Waals surface area (Å²) in [5.74, 6) is 0. The van der Waals surface area contributed by atoms with Crippen LogP contribution in [-0.2, 0) is 0 Å². The molecule has 88 valence electrons. The lowest BCUT2D eigenvalue weighted by Gasteiger charge is -2.18. The monoisotopic (exact) mass is 246 g/mol. The predicted molar refractivity (Wildman–Crippen MR) is 71.2 cm³/mol. The van der Waals surface area contributed by atoms with Crippen LogP contribution in [0.3, 0.4) is 0 Å². The quantitative estimate of drug-likeness (QED) is 0.894. The zero-order chi connectivity index (χ0) is 12.1. The summed E-state index contributed by atoms with van der Waals surface area (Å²) in [6.45, 7) is 3.01. The minimum atomic E-state index is 0.195. The largest absolute Gasteiger partial charge is 0.307 e. The van der Waals surface area contributed by atoms with E-state index < -0.39 is 0 Å². The molecule has 0 saturated carbocycles. The van der Waals surface area contributed by atoms with Crippen molar-refractivity contribution in [3.05, 3.63) is 64.9 Å². The molecule has 0 radical (unpaired) electrons. The topological polar surface area (TPSA) is 24.9 Å². The smallest absolute Gasteiger partial charge is 0.0577 e. The number of pyridine rings is 1. The zero-order valence-electron chi connectivity index (χ0n) is 9.73. The predicted octanol–water partition coefficient (Wildman–Crippen LogP) is 3.43. The second-order valence-electron chi connectivity index (χ2n) is 3.82. The fourth-order valence-electron chi connectivity index (χ4n) is 1.84. The van der Waals surface area contributed by atoms with Crippen molar-refractivity contribution < 1.29 is 0 Å². The van der Waals surface area contributed by atoms with Crippen LogP contribution in [0.25, 0.3) is 0 Å². The number of aromatic nitrogens is 1. The SMILES string of the molecule is CCNC(c1ccncc1)c1ccc(Cl)cc1. The molecule has 2 rings (SSSR count). The van der Waals surface area contributed by atoms with Gasteiger partial charge in [-0.15, -0.1) is 0 Å². The van der Waals surface area contributed by atoms with Gasteiger partial charge in [-0.2, -0.15) is 0 Å². The van der Waals surface area contributed by atoms with Crippen LogP contribution < -0.4 is 5.32 Å². The molecule has 1 unspecified atom stereocenters. The Morgan fingerprint density at radius 2 is 1.65 bits per heavy atom. The van der Waals surface area contributed by atoms with Crippen molar-refractivity contribution in [3.8, 4) is 0 Å².